The van der Waals surface area contributed by atoms with Gasteiger partial charge in [0, 0.05) is 22.4 Å². The lowest BCUT2D eigenvalue weighted by atomic mass is 10.3. The van der Waals surface area contributed by atoms with Gasteiger partial charge in [0.1, 0.15) is 11.6 Å². The first-order chi connectivity index (χ1) is 8.06. The van der Waals surface area contributed by atoms with E-state index in [9.17, 15) is 4.79 Å². The Bertz CT molecular complexity index is 609. The third-order valence-electron chi connectivity index (χ3n) is 2.27. The number of nitrogens with two attached hydrogens (primary N) is 1. The summed E-state index contributed by atoms with van der Waals surface area (Å²) in [6, 6.07) is 3.39. The molecule has 0 saturated carbocycles. The van der Waals surface area contributed by atoms with Crippen molar-refractivity contribution in [2.75, 3.05) is 5.73 Å². The summed E-state index contributed by atoms with van der Waals surface area (Å²) < 4.78 is 2.40. The van der Waals surface area contributed by atoms with Crippen LogP contribution in [0, 0.1) is 6.92 Å². The van der Waals surface area contributed by atoms with Crippen LogP contribution in [-0.2, 0) is 6.54 Å². The molecule has 2 aromatic heterocycles. The van der Waals surface area contributed by atoms with Crippen molar-refractivity contribution in [3.63, 3.8) is 0 Å². The van der Waals surface area contributed by atoms with Crippen LogP contribution < -0.4 is 11.3 Å². The number of nitrogens with zero attached hydrogens (tertiary/aromatic N) is 3. The Labute approximate surface area is 106 Å². The van der Waals surface area contributed by atoms with Crippen LogP contribution in [0.25, 0.3) is 0 Å². The van der Waals surface area contributed by atoms with Crippen molar-refractivity contribution in [1.29, 1.82) is 0 Å². The molecule has 5 nitrogen and oxygen atoms in total. The standard InChI is InChI=1S/C11H11BrN4O/c1-7-4-8(12)5-16(11(7)17)6-10-14-3-2-9(13)15-10/h2-5H,6H2,1H3,(H2,13,14,15). The predicted molar refractivity (Wildman–Crippen MR) is 68.7 cm³/mol. The maximum absolute atomic E-state index is 11.9. The number of hydrogen-bond donors (Lipinski definition) is 1. The van der Waals surface area contributed by atoms with E-state index in [2.05, 4.69) is 25.9 Å². The number of aryl methyl sites for hydroxylation is 1. The highest BCUT2D eigenvalue weighted by atomic mass is 79.9. The highest BCUT2D eigenvalue weighted by Crippen LogP contribution is 2.09. The molecule has 17 heavy (non-hydrogen) atoms. The molecule has 0 unspecified atom stereocenters. The second-order valence-corrected chi connectivity index (χ2v) is 4.59. The van der Waals surface area contributed by atoms with Crippen LogP contribution in [0.4, 0.5) is 5.82 Å². The summed E-state index contributed by atoms with van der Waals surface area (Å²) >= 11 is 3.35. The lowest BCUT2D eigenvalue weighted by molar-refractivity contribution is 0.708. The number of rotatable bonds is 2. The van der Waals surface area contributed by atoms with Crippen LogP contribution >= 0.6 is 15.9 Å². The van der Waals surface area contributed by atoms with E-state index in [1.807, 2.05) is 0 Å². The van der Waals surface area contributed by atoms with E-state index in [0.29, 0.717) is 23.8 Å². The topological polar surface area (TPSA) is 73.8 Å². The predicted octanol–water partition coefficient (Wildman–Crippen LogP) is 1.34. The molecule has 0 atom stereocenters. The molecule has 2 N–H and O–H groups in total. The SMILES string of the molecule is Cc1cc(Br)cn(Cc2nccc(N)n2)c1=O. The molecule has 0 radical (unpaired) electrons. The van der Waals surface area contributed by atoms with Gasteiger partial charge in [-0.05, 0) is 35.0 Å². The van der Waals surface area contributed by atoms with E-state index in [0.717, 1.165) is 4.47 Å². The first-order valence-electron chi connectivity index (χ1n) is 5.00. The van der Waals surface area contributed by atoms with Crippen molar-refractivity contribution in [1.82, 2.24) is 14.5 Å². The van der Waals surface area contributed by atoms with Crippen LogP contribution in [0.15, 0.2) is 33.8 Å². The van der Waals surface area contributed by atoms with Gasteiger partial charge < -0.3 is 10.3 Å². The molecule has 0 fully saturated rings. The van der Waals surface area contributed by atoms with E-state index in [4.69, 9.17) is 5.73 Å². The Kier molecular flexibility index (Phi) is 3.23. The minimum atomic E-state index is -0.0563. The third-order valence-corrected chi connectivity index (χ3v) is 2.70. The van der Waals surface area contributed by atoms with Crippen molar-refractivity contribution < 1.29 is 0 Å². The summed E-state index contributed by atoms with van der Waals surface area (Å²) in [5.41, 5.74) is 6.18. The molecule has 0 aliphatic carbocycles. The van der Waals surface area contributed by atoms with Gasteiger partial charge in [-0.25, -0.2) is 9.97 Å². The van der Waals surface area contributed by atoms with Gasteiger partial charge in [0.25, 0.3) is 5.56 Å². The number of pyridine rings is 1. The number of halogens is 1. The maximum atomic E-state index is 11.9. The molecular formula is C11H11BrN4O. The fourth-order valence-electron chi connectivity index (χ4n) is 1.50. The summed E-state index contributed by atoms with van der Waals surface area (Å²) in [4.78, 5) is 20.0. The highest BCUT2D eigenvalue weighted by Gasteiger charge is 2.04. The fourth-order valence-corrected chi connectivity index (χ4v) is 2.09. The average molecular weight is 295 g/mol. The van der Waals surface area contributed by atoms with Gasteiger partial charge >= 0.3 is 0 Å². The van der Waals surface area contributed by atoms with Crippen molar-refractivity contribution in [3.05, 3.63) is 50.7 Å². The number of anilines is 1. The molecular weight excluding hydrogens is 284 g/mol. The van der Waals surface area contributed by atoms with Gasteiger partial charge in [-0.2, -0.15) is 0 Å². The van der Waals surface area contributed by atoms with E-state index >= 15 is 0 Å². The summed E-state index contributed by atoms with van der Waals surface area (Å²) in [6.45, 7) is 2.08. The van der Waals surface area contributed by atoms with Gasteiger partial charge in [-0.1, -0.05) is 0 Å². The molecule has 2 aromatic rings. The Morgan fingerprint density at radius 1 is 1.53 bits per heavy atom. The zero-order valence-electron chi connectivity index (χ0n) is 9.22. The van der Waals surface area contributed by atoms with E-state index in [1.165, 1.54) is 0 Å². The minimum Gasteiger partial charge on any atom is -0.384 e. The summed E-state index contributed by atoms with van der Waals surface area (Å²) in [5, 5.41) is 0. The zero-order valence-corrected chi connectivity index (χ0v) is 10.8. The Hall–Kier alpha value is -1.69. The van der Waals surface area contributed by atoms with Crippen LogP contribution in [0.3, 0.4) is 0 Å². The molecule has 2 heterocycles. The number of aromatic nitrogens is 3. The maximum Gasteiger partial charge on any atom is 0.253 e. The minimum absolute atomic E-state index is 0.0563. The van der Waals surface area contributed by atoms with Gasteiger partial charge in [0.05, 0.1) is 6.54 Å². The molecule has 6 heteroatoms. The zero-order chi connectivity index (χ0) is 12.4. The molecule has 0 saturated heterocycles. The van der Waals surface area contributed by atoms with E-state index in [1.54, 1.807) is 36.0 Å². The monoisotopic (exact) mass is 294 g/mol. The lowest BCUT2D eigenvalue weighted by Gasteiger charge is -2.06. The van der Waals surface area contributed by atoms with Crippen LogP contribution in [0.2, 0.25) is 0 Å². The van der Waals surface area contributed by atoms with Crippen LogP contribution in [0.5, 0.6) is 0 Å². The van der Waals surface area contributed by atoms with Crippen LogP contribution in [-0.4, -0.2) is 14.5 Å². The molecule has 0 spiro atoms. The second-order valence-electron chi connectivity index (χ2n) is 3.67. The van der Waals surface area contributed by atoms with E-state index in [-0.39, 0.29) is 5.56 Å². The smallest absolute Gasteiger partial charge is 0.253 e. The van der Waals surface area contributed by atoms with E-state index < -0.39 is 0 Å². The molecule has 0 amide bonds. The largest absolute Gasteiger partial charge is 0.384 e. The van der Waals surface area contributed by atoms with Gasteiger partial charge in [0.2, 0.25) is 0 Å². The Morgan fingerprint density at radius 3 is 3.00 bits per heavy atom. The van der Waals surface area contributed by atoms with Gasteiger partial charge in [-0.3, -0.25) is 4.79 Å². The fraction of sp³-hybridized carbons (Fsp3) is 0.182. The number of nitrogen functional groups attached to an aromatic ring is 1. The third kappa shape index (κ3) is 2.71. The van der Waals surface area contributed by atoms with Gasteiger partial charge in [-0.15, -0.1) is 0 Å². The van der Waals surface area contributed by atoms with Crippen molar-refractivity contribution in [3.8, 4) is 0 Å². The van der Waals surface area contributed by atoms with Crippen molar-refractivity contribution in [2.45, 2.75) is 13.5 Å². The summed E-state index contributed by atoms with van der Waals surface area (Å²) in [6.07, 6.45) is 3.29. The second kappa shape index (κ2) is 4.67. The van der Waals surface area contributed by atoms with Gasteiger partial charge in [0.15, 0.2) is 0 Å². The Balaban J connectivity index is 2.40. The molecule has 2 rings (SSSR count). The molecule has 88 valence electrons. The molecule has 0 aliphatic heterocycles. The normalized spacial score (nSPS) is 10.5. The van der Waals surface area contributed by atoms with Crippen molar-refractivity contribution in [2.24, 2.45) is 0 Å². The summed E-state index contributed by atoms with van der Waals surface area (Å²) in [7, 11) is 0. The summed E-state index contributed by atoms with van der Waals surface area (Å²) in [5.74, 6) is 0.916. The first-order valence-corrected chi connectivity index (χ1v) is 5.79. The molecule has 0 bridgehead atoms. The quantitative estimate of drug-likeness (QED) is 0.907. The molecule has 0 aromatic carbocycles. The Morgan fingerprint density at radius 2 is 2.29 bits per heavy atom. The lowest BCUT2D eigenvalue weighted by Crippen LogP contribution is -2.23. The number of hydrogen-bond acceptors (Lipinski definition) is 4. The molecule has 0 aliphatic rings. The first kappa shape index (κ1) is 11.8. The average Bonchev–Trinajstić information content (AvgIpc) is 2.25. The van der Waals surface area contributed by atoms with Crippen molar-refractivity contribution >= 4 is 21.7 Å². The highest BCUT2D eigenvalue weighted by molar-refractivity contribution is 9.10. The van der Waals surface area contributed by atoms with Crippen LogP contribution in [0.1, 0.15) is 11.4 Å².